The van der Waals surface area contributed by atoms with Gasteiger partial charge in [0.05, 0.1) is 0 Å². The first-order valence-corrected chi connectivity index (χ1v) is 9.84. The summed E-state index contributed by atoms with van der Waals surface area (Å²) in [6.07, 6.45) is 2.72. The Balaban J connectivity index is 1.48. The fourth-order valence-electron chi connectivity index (χ4n) is 3.64. The molecular weight excluding hydrogens is 367 g/mol. The summed E-state index contributed by atoms with van der Waals surface area (Å²) in [4.78, 5) is 23.7. The highest BCUT2D eigenvalue weighted by Crippen LogP contribution is 2.32. The largest absolute Gasteiger partial charge is 0.350 e. The van der Waals surface area contributed by atoms with Crippen molar-refractivity contribution in [3.63, 3.8) is 0 Å². The number of aromatic nitrogens is 2. The molecule has 29 heavy (non-hydrogen) atoms. The van der Waals surface area contributed by atoms with Crippen LogP contribution in [0.15, 0.2) is 54.6 Å². The van der Waals surface area contributed by atoms with Gasteiger partial charge in [-0.25, -0.2) is 14.4 Å². The second-order valence-electron chi connectivity index (χ2n) is 7.17. The number of halogens is 1. The number of fused-ring (bicyclic) bond motifs is 1. The maximum absolute atomic E-state index is 13.0. The Bertz CT molecular complexity index is 1020. The minimum atomic E-state index is -0.263. The number of rotatable bonds is 5. The van der Waals surface area contributed by atoms with E-state index >= 15 is 0 Å². The van der Waals surface area contributed by atoms with Crippen molar-refractivity contribution in [3.05, 3.63) is 83.1 Å². The van der Waals surface area contributed by atoms with E-state index in [0.29, 0.717) is 24.5 Å². The fourth-order valence-corrected chi connectivity index (χ4v) is 3.64. The molecule has 1 aliphatic rings. The number of aryl methyl sites for hydroxylation is 2. The maximum Gasteiger partial charge on any atom is 0.270 e. The Labute approximate surface area is 169 Å². The Morgan fingerprint density at radius 2 is 1.93 bits per heavy atom. The minimum Gasteiger partial charge on any atom is -0.350 e. The quantitative estimate of drug-likeness (QED) is 0.716. The molecular formula is C23H23FN4O. The van der Waals surface area contributed by atoms with Gasteiger partial charge < -0.3 is 10.2 Å². The van der Waals surface area contributed by atoms with E-state index in [2.05, 4.69) is 32.3 Å². The zero-order valence-corrected chi connectivity index (χ0v) is 16.4. The van der Waals surface area contributed by atoms with Crippen LogP contribution < -0.4 is 10.2 Å². The van der Waals surface area contributed by atoms with Crippen LogP contribution in [0.1, 0.15) is 33.9 Å². The summed E-state index contributed by atoms with van der Waals surface area (Å²) >= 11 is 0. The lowest BCUT2D eigenvalue weighted by atomic mass is 10.0. The summed E-state index contributed by atoms with van der Waals surface area (Å²) in [5, 5.41) is 2.90. The van der Waals surface area contributed by atoms with Crippen molar-refractivity contribution in [1.82, 2.24) is 15.3 Å². The molecule has 0 fully saturated rings. The predicted molar refractivity (Wildman–Crippen MR) is 111 cm³/mol. The van der Waals surface area contributed by atoms with Gasteiger partial charge in [-0.15, -0.1) is 0 Å². The zero-order valence-electron chi connectivity index (χ0n) is 16.4. The Hall–Kier alpha value is -3.28. The van der Waals surface area contributed by atoms with Gasteiger partial charge in [0.25, 0.3) is 5.91 Å². The number of anilines is 2. The van der Waals surface area contributed by atoms with Crippen LogP contribution in [0.5, 0.6) is 0 Å². The molecule has 1 aromatic heterocycles. The van der Waals surface area contributed by atoms with E-state index in [1.54, 1.807) is 25.1 Å². The molecule has 0 aliphatic carbocycles. The van der Waals surface area contributed by atoms with Gasteiger partial charge >= 0.3 is 0 Å². The SMILES string of the molecule is Cc1nc(C(=O)NCCc2ccc(F)cc2)cc(N2CCCc3ccccc32)n1. The number of carbonyl (C=O) groups is 1. The van der Waals surface area contributed by atoms with Crippen LogP contribution in [-0.2, 0) is 12.8 Å². The van der Waals surface area contributed by atoms with Gasteiger partial charge in [-0.3, -0.25) is 4.79 Å². The Kier molecular flexibility index (Phi) is 5.51. The molecule has 1 amide bonds. The van der Waals surface area contributed by atoms with Gasteiger partial charge in [-0.05, 0) is 55.5 Å². The molecule has 5 nitrogen and oxygen atoms in total. The number of nitrogens with one attached hydrogen (secondary N) is 1. The molecule has 4 rings (SSSR count). The van der Waals surface area contributed by atoms with Gasteiger partial charge in [0.1, 0.15) is 23.2 Å². The summed E-state index contributed by atoms with van der Waals surface area (Å²) in [6.45, 7) is 3.11. The molecule has 2 heterocycles. The third kappa shape index (κ3) is 4.42. The fraction of sp³-hybridized carbons (Fsp3) is 0.261. The highest BCUT2D eigenvalue weighted by Gasteiger charge is 2.21. The van der Waals surface area contributed by atoms with E-state index in [1.165, 1.54) is 17.7 Å². The molecule has 0 unspecified atom stereocenters. The Morgan fingerprint density at radius 1 is 1.14 bits per heavy atom. The van der Waals surface area contributed by atoms with Gasteiger partial charge in [0.15, 0.2) is 0 Å². The number of nitrogens with zero attached hydrogens (tertiary/aromatic N) is 3. The summed E-state index contributed by atoms with van der Waals surface area (Å²) < 4.78 is 13.0. The molecule has 1 N–H and O–H groups in total. The minimum absolute atomic E-state index is 0.232. The number of carbonyl (C=O) groups excluding carboxylic acids is 1. The van der Waals surface area contributed by atoms with E-state index in [1.807, 2.05) is 12.1 Å². The van der Waals surface area contributed by atoms with Crippen LogP contribution in [0.4, 0.5) is 15.9 Å². The summed E-state index contributed by atoms with van der Waals surface area (Å²) in [5.74, 6) is 0.813. The molecule has 148 valence electrons. The summed E-state index contributed by atoms with van der Waals surface area (Å²) in [6, 6.07) is 16.4. The first kappa shape index (κ1) is 19.1. The second-order valence-corrected chi connectivity index (χ2v) is 7.17. The normalized spacial score (nSPS) is 13.1. The van der Waals surface area contributed by atoms with E-state index in [4.69, 9.17) is 0 Å². The smallest absolute Gasteiger partial charge is 0.270 e. The Morgan fingerprint density at radius 3 is 2.76 bits per heavy atom. The average Bonchev–Trinajstić information content (AvgIpc) is 2.74. The van der Waals surface area contributed by atoms with Crippen molar-refractivity contribution in [2.45, 2.75) is 26.2 Å². The topological polar surface area (TPSA) is 58.1 Å². The lowest BCUT2D eigenvalue weighted by Gasteiger charge is -2.30. The zero-order chi connectivity index (χ0) is 20.2. The lowest BCUT2D eigenvalue weighted by molar-refractivity contribution is 0.0948. The highest BCUT2D eigenvalue weighted by molar-refractivity contribution is 5.93. The molecule has 0 saturated carbocycles. The molecule has 3 aromatic rings. The molecule has 1 aliphatic heterocycles. The van der Waals surface area contributed by atoms with Gasteiger partial charge in [-0.1, -0.05) is 30.3 Å². The number of para-hydroxylation sites is 1. The van der Waals surface area contributed by atoms with E-state index in [0.717, 1.165) is 36.5 Å². The second kappa shape index (κ2) is 8.39. The number of hydrogen-bond donors (Lipinski definition) is 1. The van der Waals surface area contributed by atoms with Gasteiger partial charge in [0.2, 0.25) is 0 Å². The monoisotopic (exact) mass is 390 g/mol. The van der Waals surface area contributed by atoms with Gasteiger partial charge in [-0.2, -0.15) is 0 Å². The lowest BCUT2D eigenvalue weighted by Crippen LogP contribution is -2.29. The first-order chi connectivity index (χ1) is 14.1. The van der Waals surface area contributed by atoms with Crippen molar-refractivity contribution in [2.24, 2.45) is 0 Å². The maximum atomic E-state index is 13.0. The van der Waals surface area contributed by atoms with Crippen molar-refractivity contribution in [2.75, 3.05) is 18.0 Å². The molecule has 0 atom stereocenters. The highest BCUT2D eigenvalue weighted by atomic mass is 19.1. The van der Waals surface area contributed by atoms with Gasteiger partial charge in [0, 0.05) is 24.8 Å². The van der Waals surface area contributed by atoms with Crippen molar-refractivity contribution >= 4 is 17.4 Å². The van der Waals surface area contributed by atoms with E-state index in [-0.39, 0.29) is 11.7 Å². The molecule has 6 heteroatoms. The third-order valence-corrected chi connectivity index (χ3v) is 5.06. The molecule has 0 bridgehead atoms. The van der Waals surface area contributed by atoms with Crippen LogP contribution in [0.3, 0.4) is 0 Å². The van der Waals surface area contributed by atoms with Crippen molar-refractivity contribution in [3.8, 4) is 0 Å². The van der Waals surface area contributed by atoms with Crippen LogP contribution >= 0.6 is 0 Å². The average molecular weight is 390 g/mol. The molecule has 0 radical (unpaired) electrons. The van der Waals surface area contributed by atoms with Crippen LogP contribution in [0, 0.1) is 12.7 Å². The van der Waals surface area contributed by atoms with Crippen molar-refractivity contribution < 1.29 is 9.18 Å². The number of benzene rings is 2. The van der Waals surface area contributed by atoms with E-state index in [9.17, 15) is 9.18 Å². The van der Waals surface area contributed by atoms with E-state index < -0.39 is 0 Å². The number of hydrogen-bond acceptors (Lipinski definition) is 4. The summed E-state index contributed by atoms with van der Waals surface area (Å²) in [5.41, 5.74) is 3.76. The molecule has 0 saturated heterocycles. The van der Waals surface area contributed by atoms with Crippen LogP contribution in [0.25, 0.3) is 0 Å². The molecule has 2 aromatic carbocycles. The standard InChI is InChI=1S/C23H23FN4O/c1-16-26-20(23(29)25-13-12-17-8-10-19(24)11-9-17)15-22(27-16)28-14-4-6-18-5-2-3-7-21(18)28/h2-3,5,7-11,15H,4,6,12-14H2,1H3,(H,25,29). The third-order valence-electron chi connectivity index (χ3n) is 5.06. The van der Waals surface area contributed by atoms with Crippen LogP contribution in [-0.4, -0.2) is 29.0 Å². The van der Waals surface area contributed by atoms with Crippen LogP contribution in [0.2, 0.25) is 0 Å². The molecule has 0 spiro atoms. The first-order valence-electron chi connectivity index (χ1n) is 9.84. The number of amides is 1. The van der Waals surface area contributed by atoms with Crippen molar-refractivity contribution in [1.29, 1.82) is 0 Å². The predicted octanol–water partition coefficient (Wildman–Crippen LogP) is 3.98. The summed E-state index contributed by atoms with van der Waals surface area (Å²) in [7, 11) is 0.